The van der Waals surface area contributed by atoms with Crippen molar-refractivity contribution in [3.63, 3.8) is 0 Å². The van der Waals surface area contributed by atoms with Gasteiger partial charge in [-0.3, -0.25) is 0 Å². The number of rotatable bonds is 7. The Hall–Kier alpha value is -2.43. The van der Waals surface area contributed by atoms with Crippen LogP contribution >= 0.6 is 23.2 Å². The fourth-order valence-electron chi connectivity index (χ4n) is 2.61. The molecule has 3 aromatic rings. The molecule has 3 aromatic carbocycles. The summed E-state index contributed by atoms with van der Waals surface area (Å²) in [6.45, 7) is 0.549. The van der Waals surface area contributed by atoms with E-state index in [-0.39, 0.29) is 12.4 Å². The summed E-state index contributed by atoms with van der Waals surface area (Å²) in [5, 5.41) is 4.35. The van der Waals surface area contributed by atoms with Crippen molar-refractivity contribution < 1.29 is 13.9 Å². The van der Waals surface area contributed by atoms with Gasteiger partial charge in [0.2, 0.25) is 0 Å². The minimum absolute atomic E-state index is 0.0990. The Kier molecular flexibility index (Phi) is 6.43. The quantitative estimate of drug-likeness (QED) is 0.497. The van der Waals surface area contributed by atoms with Crippen LogP contribution in [0.25, 0.3) is 0 Å². The highest BCUT2D eigenvalue weighted by atomic mass is 35.5. The second kappa shape index (κ2) is 8.98. The number of anilines is 1. The van der Waals surface area contributed by atoms with Gasteiger partial charge in [0.25, 0.3) is 0 Å². The van der Waals surface area contributed by atoms with E-state index in [0.717, 1.165) is 11.3 Å². The predicted molar refractivity (Wildman–Crippen MR) is 108 cm³/mol. The van der Waals surface area contributed by atoms with E-state index in [0.29, 0.717) is 33.7 Å². The lowest BCUT2D eigenvalue weighted by Gasteiger charge is -2.16. The SMILES string of the molecule is COc1cccc(CNc2ccc(Cl)cc2Cl)c1OCc1ccccc1F. The normalized spacial score (nSPS) is 10.5. The smallest absolute Gasteiger partial charge is 0.166 e. The average Bonchev–Trinajstić information content (AvgIpc) is 2.67. The van der Waals surface area contributed by atoms with Gasteiger partial charge in [-0.15, -0.1) is 0 Å². The largest absolute Gasteiger partial charge is 0.493 e. The van der Waals surface area contributed by atoms with Crippen molar-refractivity contribution in [2.45, 2.75) is 13.2 Å². The molecule has 0 bridgehead atoms. The third-order valence-electron chi connectivity index (χ3n) is 4.01. The van der Waals surface area contributed by atoms with E-state index in [1.165, 1.54) is 6.07 Å². The van der Waals surface area contributed by atoms with Crippen LogP contribution in [0.1, 0.15) is 11.1 Å². The molecule has 6 heteroatoms. The Bertz CT molecular complexity index is 934. The first-order chi connectivity index (χ1) is 13.1. The second-order valence-electron chi connectivity index (χ2n) is 5.81. The van der Waals surface area contributed by atoms with Crippen molar-refractivity contribution in [3.8, 4) is 11.5 Å². The average molecular weight is 406 g/mol. The zero-order valence-electron chi connectivity index (χ0n) is 14.6. The zero-order chi connectivity index (χ0) is 19.2. The van der Waals surface area contributed by atoms with Crippen molar-refractivity contribution in [2.24, 2.45) is 0 Å². The molecular formula is C21H18Cl2FNO2. The van der Waals surface area contributed by atoms with Crippen molar-refractivity contribution in [1.82, 2.24) is 0 Å². The fourth-order valence-corrected chi connectivity index (χ4v) is 3.09. The molecular weight excluding hydrogens is 388 g/mol. The molecule has 0 saturated carbocycles. The minimum atomic E-state index is -0.306. The molecule has 3 rings (SSSR count). The number of benzene rings is 3. The number of ether oxygens (including phenoxy) is 2. The molecule has 0 saturated heterocycles. The highest BCUT2D eigenvalue weighted by molar-refractivity contribution is 6.36. The van der Waals surface area contributed by atoms with Crippen molar-refractivity contribution >= 4 is 28.9 Å². The summed E-state index contributed by atoms with van der Waals surface area (Å²) < 4.78 is 25.2. The topological polar surface area (TPSA) is 30.5 Å². The van der Waals surface area contributed by atoms with Gasteiger partial charge in [0.1, 0.15) is 12.4 Å². The molecule has 0 atom stereocenters. The lowest BCUT2D eigenvalue weighted by atomic mass is 10.1. The summed E-state index contributed by atoms with van der Waals surface area (Å²) in [7, 11) is 1.57. The standard InChI is InChI=1S/C21H18Cl2FNO2/c1-26-20-8-4-6-14(12-25-19-10-9-16(22)11-17(19)23)21(20)27-13-15-5-2-3-7-18(15)24/h2-11,25H,12-13H2,1H3. The zero-order valence-corrected chi connectivity index (χ0v) is 16.1. The number of para-hydroxylation sites is 1. The van der Waals surface area contributed by atoms with E-state index in [1.807, 2.05) is 18.2 Å². The van der Waals surface area contributed by atoms with Gasteiger partial charge < -0.3 is 14.8 Å². The number of nitrogens with one attached hydrogen (secondary N) is 1. The first kappa shape index (κ1) is 19.3. The third kappa shape index (κ3) is 4.85. The molecule has 0 aliphatic carbocycles. The molecule has 0 radical (unpaired) electrons. The van der Waals surface area contributed by atoms with Crippen molar-refractivity contribution in [2.75, 3.05) is 12.4 Å². The van der Waals surface area contributed by atoms with Gasteiger partial charge in [0, 0.05) is 22.7 Å². The molecule has 0 spiro atoms. The minimum Gasteiger partial charge on any atom is -0.493 e. The van der Waals surface area contributed by atoms with E-state index < -0.39 is 0 Å². The highest BCUT2D eigenvalue weighted by Gasteiger charge is 2.13. The molecule has 0 amide bonds. The first-order valence-electron chi connectivity index (χ1n) is 8.29. The van der Waals surface area contributed by atoms with Gasteiger partial charge in [0.15, 0.2) is 11.5 Å². The lowest BCUT2D eigenvalue weighted by molar-refractivity contribution is 0.277. The molecule has 0 aromatic heterocycles. The molecule has 0 aliphatic rings. The fraction of sp³-hybridized carbons (Fsp3) is 0.143. The van der Waals surface area contributed by atoms with Crippen LogP contribution in [0.2, 0.25) is 10.0 Å². The van der Waals surface area contributed by atoms with Crippen LogP contribution < -0.4 is 14.8 Å². The number of hydrogen-bond donors (Lipinski definition) is 1. The van der Waals surface area contributed by atoms with Crippen LogP contribution in [0, 0.1) is 5.82 Å². The Morgan fingerprint density at radius 2 is 1.74 bits per heavy atom. The Morgan fingerprint density at radius 3 is 2.48 bits per heavy atom. The van der Waals surface area contributed by atoms with Gasteiger partial charge in [-0.1, -0.05) is 53.5 Å². The van der Waals surface area contributed by atoms with Crippen molar-refractivity contribution in [1.29, 1.82) is 0 Å². The van der Waals surface area contributed by atoms with E-state index in [2.05, 4.69) is 5.32 Å². The first-order valence-corrected chi connectivity index (χ1v) is 9.05. The molecule has 0 unspecified atom stereocenters. The summed E-state index contributed by atoms with van der Waals surface area (Å²) in [4.78, 5) is 0. The van der Waals surface area contributed by atoms with Crippen LogP contribution in [0.5, 0.6) is 11.5 Å². The monoisotopic (exact) mass is 405 g/mol. The van der Waals surface area contributed by atoms with Gasteiger partial charge in [-0.25, -0.2) is 4.39 Å². The number of hydrogen-bond acceptors (Lipinski definition) is 3. The molecule has 3 nitrogen and oxygen atoms in total. The second-order valence-corrected chi connectivity index (χ2v) is 6.65. The molecule has 140 valence electrons. The van der Waals surface area contributed by atoms with Crippen molar-refractivity contribution in [3.05, 3.63) is 87.7 Å². The van der Waals surface area contributed by atoms with Crippen LogP contribution in [0.3, 0.4) is 0 Å². The summed E-state index contributed by atoms with van der Waals surface area (Å²) in [6, 6.07) is 17.3. The van der Waals surface area contributed by atoms with E-state index in [9.17, 15) is 4.39 Å². The molecule has 1 N–H and O–H groups in total. The summed E-state index contributed by atoms with van der Waals surface area (Å²) in [6.07, 6.45) is 0. The summed E-state index contributed by atoms with van der Waals surface area (Å²) >= 11 is 12.1. The number of methoxy groups -OCH3 is 1. The molecule has 27 heavy (non-hydrogen) atoms. The van der Waals surface area contributed by atoms with Gasteiger partial charge in [-0.2, -0.15) is 0 Å². The lowest BCUT2D eigenvalue weighted by Crippen LogP contribution is -2.06. The number of halogens is 3. The maximum Gasteiger partial charge on any atom is 0.166 e. The van der Waals surface area contributed by atoms with Crippen LogP contribution in [0.4, 0.5) is 10.1 Å². The van der Waals surface area contributed by atoms with Gasteiger partial charge in [-0.05, 0) is 30.3 Å². The summed E-state index contributed by atoms with van der Waals surface area (Å²) in [5.41, 5.74) is 2.09. The maximum atomic E-state index is 13.9. The molecule has 0 aliphatic heterocycles. The van der Waals surface area contributed by atoms with Crippen LogP contribution in [-0.4, -0.2) is 7.11 Å². The van der Waals surface area contributed by atoms with Gasteiger partial charge in [0.05, 0.1) is 17.8 Å². The summed E-state index contributed by atoms with van der Waals surface area (Å²) in [5.74, 6) is 0.828. The third-order valence-corrected chi connectivity index (χ3v) is 4.56. The van der Waals surface area contributed by atoms with Crippen LogP contribution in [0.15, 0.2) is 60.7 Å². The molecule has 0 fully saturated rings. The van der Waals surface area contributed by atoms with E-state index in [4.69, 9.17) is 32.7 Å². The maximum absolute atomic E-state index is 13.9. The Labute approximate surface area is 167 Å². The highest BCUT2D eigenvalue weighted by Crippen LogP contribution is 2.33. The predicted octanol–water partition coefficient (Wildman–Crippen LogP) is 6.33. The molecule has 0 heterocycles. The van der Waals surface area contributed by atoms with Gasteiger partial charge >= 0.3 is 0 Å². The van der Waals surface area contributed by atoms with E-state index >= 15 is 0 Å². The van der Waals surface area contributed by atoms with E-state index in [1.54, 1.807) is 43.5 Å². The Balaban J connectivity index is 1.79. The van der Waals surface area contributed by atoms with Crippen LogP contribution in [-0.2, 0) is 13.2 Å². The Morgan fingerprint density at radius 1 is 0.963 bits per heavy atom.